The molecule has 0 amide bonds. The van der Waals surface area contributed by atoms with Crippen molar-refractivity contribution < 1.29 is 8.42 Å². The number of benzene rings is 2. The molecule has 0 aliphatic rings. The van der Waals surface area contributed by atoms with Crippen molar-refractivity contribution in [3.05, 3.63) is 75.9 Å². The van der Waals surface area contributed by atoms with E-state index < -0.39 is 10.0 Å². The Labute approximate surface area is 145 Å². The van der Waals surface area contributed by atoms with Crippen molar-refractivity contribution in [3.8, 4) is 0 Å². The fraction of sp³-hybridized carbons (Fsp3) is 0.176. The highest BCUT2D eigenvalue weighted by Gasteiger charge is 2.24. The van der Waals surface area contributed by atoms with Crippen molar-refractivity contribution in [1.29, 1.82) is 0 Å². The quantitative estimate of drug-likeness (QED) is 0.517. The molecule has 0 saturated heterocycles. The van der Waals surface area contributed by atoms with Gasteiger partial charge in [-0.05, 0) is 53.3 Å². The van der Waals surface area contributed by atoms with Gasteiger partial charge < -0.3 is 0 Å². The van der Waals surface area contributed by atoms with Gasteiger partial charge >= 0.3 is 0 Å². The molecule has 0 aliphatic heterocycles. The summed E-state index contributed by atoms with van der Waals surface area (Å²) in [6, 6.07) is 14.7. The second-order valence-corrected chi connectivity index (χ2v) is 8.09. The molecule has 0 N–H and O–H groups in total. The van der Waals surface area contributed by atoms with Crippen LogP contribution in [0.5, 0.6) is 0 Å². The summed E-state index contributed by atoms with van der Waals surface area (Å²) in [5.74, 6) is 0. The van der Waals surface area contributed by atoms with Gasteiger partial charge in [-0.15, -0.1) is 6.58 Å². The lowest BCUT2D eigenvalue weighted by Crippen LogP contribution is -2.31. The normalized spacial score (nSPS) is 11.6. The molecule has 0 unspecified atom stereocenters. The first-order chi connectivity index (χ1) is 10.4. The van der Waals surface area contributed by atoms with Crippen molar-refractivity contribution >= 4 is 32.6 Å². The van der Waals surface area contributed by atoms with Crippen LogP contribution in [0.2, 0.25) is 0 Å². The summed E-state index contributed by atoms with van der Waals surface area (Å²) in [5.41, 5.74) is 2.02. The topological polar surface area (TPSA) is 37.4 Å². The highest BCUT2D eigenvalue weighted by Crippen LogP contribution is 2.21. The molecule has 2 aromatic carbocycles. The largest absolute Gasteiger partial charge is 0.243 e. The minimum Gasteiger partial charge on any atom is -0.207 e. The molecule has 22 heavy (non-hydrogen) atoms. The van der Waals surface area contributed by atoms with Crippen molar-refractivity contribution in [3.63, 3.8) is 0 Å². The van der Waals surface area contributed by atoms with Crippen LogP contribution >= 0.6 is 22.6 Å². The van der Waals surface area contributed by atoms with Crippen LogP contribution < -0.4 is 0 Å². The molecule has 0 heterocycles. The van der Waals surface area contributed by atoms with Crippen LogP contribution in [0.1, 0.15) is 11.1 Å². The number of rotatable bonds is 6. The SMILES string of the molecule is C=CCN(Cc1ccccc1I)S(=O)(=O)c1ccc(C)cc1. The van der Waals surface area contributed by atoms with Crippen LogP contribution in [0.15, 0.2) is 66.1 Å². The Morgan fingerprint density at radius 2 is 1.77 bits per heavy atom. The molecular formula is C17H18INO2S. The number of halogens is 1. The summed E-state index contributed by atoms with van der Waals surface area (Å²) < 4.78 is 28.1. The summed E-state index contributed by atoms with van der Waals surface area (Å²) in [5, 5.41) is 0. The molecule has 2 aromatic rings. The maximum atomic E-state index is 12.8. The van der Waals surface area contributed by atoms with Crippen molar-refractivity contribution in [1.82, 2.24) is 4.31 Å². The number of hydrogen-bond donors (Lipinski definition) is 0. The molecule has 3 nitrogen and oxygen atoms in total. The van der Waals surface area contributed by atoms with Crippen LogP contribution in [0.3, 0.4) is 0 Å². The minimum absolute atomic E-state index is 0.279. The summed E-state index contributed by atoms with van der Waals surface area (Å²) in [6.07, 6.45) is 1.61. The van der Waals surface area contributed by atoms with Gasteiger partial charge in [-0.3, -0.25) is 0 Å². The maximum absolute atomic E-state index is 12.8. The minimum atomic E-state index is -3.54. The van der Waals surface area contributed by atoms with E-state index in [2.05, 4.69) is 29.2 Å². The van der Waals surface area contributed by atoms with Gasteiger partial charge in [-0.2, -0.15) is 4.31 Å². The second-order valence-electron chi connectivity index (χ2n) is 4.99. The predicted octanol–water partition coefficient (Wildman–Crippen LogP) is 3.98. The highest BCUT2D eigenvalue weighted by molar-refractivity contribution is 14.1. The molecule has 0 radical (unpaired) electrons. The van der Waals surface area contributed by atoms with E-state index in [1.54, 1.807) is 18.2 Å². The average Bonchev–Trinajstić information content (AvgIpc) is 2.49. The molecule has 0 spiro atoms. The van der Waals surface area contributed by atoms with Crippen LogP contribution in [-0.2, 0) is 16.6 Å². The lowest BCUT2D eigenvalue weighted by Gasteiger charge is -2.21. The fourth-order valence-corrected chi connectivity index (χ4v) is 4.01. The lowest BCUT2D eigenvalue weighted by atomic mass is 10.2. The predicted molar refractivity (Wildman–Crippen MR) is 98.1 cm³/mol. The Balaban J connectivity index is 2.36. The number of aryl methyl sites for hydroxylation is 1. The van der Waals surface area contributed by atoms with Gasteiger partial charge in [0.05, 0.1) is 4.90 Å². The van der Waals surface area contributed by atoms with E-state index in [1.165, 1.54) is 4.31 Å². The van der Waals surface area contributed by atoms with Gasteiger partial charge in [0.1, 0.15) is 0 Å². The van der Waals surface area contributed by atoms with Gasteiger partial charge in [0.15, 0.2) is 0 Å². The number of sulfonamides is 1. The number of nitrogens with zero attached hydrogens (tertiary/aromatic N) is 1. The zero-order chi connectivity index (χ0) is 16.2. The van der Waals surface area contributed by atoms with Crippen molar-refractivity contribution in [2.24, 2.45) is 0 Å². The van der Waals surface area contributed by atoms with E-state index in [9.17, 15) is 8.42 Å². The lowest BCUT2D eigenvalue weighted by molar-refractivity contribution is 0.437. The van der Waals surface area contributed by atoms with E-state index in [0.717, 1.165) is 14.7 Å². The average molecular weight is 427 g/mol. The third kappa shape index (κ3) is 3.97. The van der Waals surface area contributed by atoms with Gasteiger partial charge in [-0.1, -0.05) is 42.0 Å². The second kappa shape index (κ2) is 7.39. The Kier molecular flexibility index (Phi) is 5.77. The fourth-order valence-electron chi connectivity index (χ4n) is 2.07. The molecule has 5 heteroatoms. The number of hydrogen-bond acceptors (Lipinski definition) is 2. The summed E-state index contributed by atoms with van der Waals surface area (Å²) in [6.45, 7) is 6.23. The summed E-state index contributed by atoms with van der Waals surface area (Å²) >= 11 is 2.22. The molecule has 0 saturated carbocycles. The third-order valence-corrected chi connectivity index (χ3v) is 6.17. The van der Waals surface area contributed by atoms with Crippen LogP contribution in [0, 0.1) is 10.5 Å². The van der Waals surface area contributed by atoms with E-state index in [0.29, 0.717) is 11.4 Å². The molecule has 0 aliphatic carbocycles. The maximum Gasteiger partial charge on any atom is 0.243 e. The van der Waals surface area contributed by atoms with E-state index in [4.69, 9.17) is 0 Å². The van der Waals surface area contributed by atoms with Crippen molar-refractivity contribution in [2.45, 2.75) is 18.4 Å². The highest BCUT2D eigenvalue weighted by atomic mass is 127. The molecule has 0 bridgehead atoms. The monoisotopic (exact) mass is 427 g/mol. The molecule has 0 fully saturated rings. The van der Waals surface area contributed by atoms with Gasteiger partial charge in [0.25, 0.3) is 0 Å². The first-order valence-electron chi connectivity index (χ1n) is 6.86. The summed E-state index contributed by atoms with van der Waals surface area (Å²) in [7, 11) is -3.54. The first-order valence-corrected chi connectivity index (χ1v) is 9.38. The molecule has 2 rings (SSSR count). The Hall–Kier alpha value is -1.18. The first kappa shape index (κ1) is 17.2. The molecule has 116 valence electrons. The van der Waals surface area contributed by atoms with Gasteiger partial charge in [0, 0.05) is 16.7 Å². The molecule has 0 aromatic heterocycles. The zero-order valence-electron chi connectivity index (χ0n) is 12.4. The van der Waals surface area contributed by atoms with E-state index in [-0.39, 0.29) is 6.54 Å². The van der Waals surface area contributed by atoms with Crippen molar-refractivity contribution in [2.75, 3.05) is 6.54 Å². The van der Waals surface area contributed by atoms with Gasteiger partial charge in [0.2, 0.25) is 10.0 Å². The summed E-state index contributed by atoms with van der Waals surface area (Å²) in [4.78, 5) is 0.311. The van der Waals surface area contributed by atoms with E-state index >= 15 is 0 Å². The third-order valence-electron chi connectivity index (χ3n) is 3.30. The Bertz CT molecular complexity index is 754. The van der Waals surface area contributed by atoms with Gasteiger partial charge in [-0.25, -0.2) is 8.42 Å². The molecule has 0 atom stereocenters. The Morgan fingerprint density at radius 3 is 2.36 bits per heavy atom. The zero-order valence-corrected chi connectivity index (χ0v) is 15.3. The smallest absolute Gasteiger partial charge is 0.207 e. The van der Waals surface area contributed by atoms with Crippen LogP contribution in [0.25, 0.3) is 0 Å². The van der Waals surface area contributed by atoms with E-state index in [1.807, 2.05) is 43.3 Å². The van der Waals surface area contributed by atoms with Crippen LogP contribution in [0.4, 0.5) is 0 Å². The van der Waals surface area contributed by atoms with Crippen LogP contribution in [-0.4, -0.2) is 19.3 Å². The standard InChI is InChI=1S/C17H18INO2S/c1-3-12-19(13-15-6-4-5-7-17(15)18)22(20,21)16-10-8-14(2)9-11-16/h3-11H,1,12-13H2,2H3. The Morgan fingerprint density at radius 1 is 1.14 bits per heavy atom. The molecular weight excluding hydrogens is 409 g/mol.